The Morgan fingerprint density at radius 3 is 2.95 bits per heavy atom. The third-order valence-corrected chi connectivity index (χ3v) is 4.26. The molecule has 0 saturated carbocycles. The molecule has 0 amide bonds. The molecule has 2 N–H and O–H groups in total. The molecule has 0 radical (unpaired) electrons. The van der Waals surface area contributed by atoms with Gasteiger partial charge in [0.1, 0.15) is 6.54 Å². The molecule has 0 spiro atoms. The van der Waals surface area contributed by atoms with Crippen LogP contribution in [0, 0.1) is 6.92 Å². The molecule has 0 fully saturated rings. The highest BCUT2D eigenvalue weighted by molar-refractivity contribution is 7.86. The van der Waals surface area contributed by atoms with Crippen LogP contribution in [0.15, 0.2) is 23.1 Å². The Balaban J connectivity index is 2.27. The van der Waals surface area contributed by atoms with Crippen molar-refractivity contribution in [1.82, 2.24) is 9.85 Å². The minimum Gasteiger partial charge on any atom is -0.480 e. The van der Waals surface area contributed by atoms with Crippen LogP contribution in [0.25, 0.3) is 10.9 Å². The first-order valence-electron chi connectivity index (χ1n) is 5.14. The zero-order valence-electron chi connectivity index (χ0n) is 9.78. The van der Waals surface area contributed by atoms with Crippen LogP contribution in [0.4, 0.5) is 0 Å². The predicted molar refractivity (Wildman–Crippen MR) is 68.3 cm³/mol. The third-order valence-electron chi connectivity index (χ3n) is 2.31. The van der Waals surface area contributed by atoms with E-state index in [0.29, 0.717) is 5.52 Å². The van der Waals surface area contributed by atoms with Gasteiger partial charge < -0.3 is 5.11 Å². The van der Waals surface area contributed by atoms with Crippen LogP contribution < -0.4 is 5.48 Å². The molecule has 1 aromatic carbocycles. The van der Waals surface area contributed by atoms with Crippen molar-refractivity contribution in [3.63, 3.8) is 0 Å². The van der Waals surface area contributed by atoms with Gasteiger partial charge in [0.2, 0.25) is 0 Å². The monoisotopic (exact) mass is 302 g/mol. The number of hydrogen-bond acceptors (Lipinski definition) is 7. The summed E-state index contributed by atoms with van der Waals surface area (Å²) in [6.07, 6.45) is 0. The minimum absolute atomic E-state index is 0.0545. The lowest BCUT2D eigenvalue weighted by Gasteiger charge is -2.05. The Labute approximate surface area is 113 Å². The van der Waals surface area contributed by atoms with E-state index in [2.05, 4.69) is 8.66 Å². The summed E-state index contributed by atoms with van der Waals surface area (Å²) in [5.41, 5.74) is 2.59. The van der Waals surface area contributed by atoms with E-state index in [9.17, 15) is 13.2 Å². The van der Waals surface area contributed by atoms with Crippen molar-refractivity contribution in [2.75, 3.05) is 6.54 Å². The van der Waals surface area contributed by atoms with E-state index in [1.54, 1.807) is 6.07 Å². The largest absolute Gasteiger partial charge is 0.480 e. The SMILES string of the molecule is Cc1snc2ccc(S(=O)(=O)ONCC(=O)O)cc12. The number of rotatable bonds is 5. The second-order valence-electron chi connectivity index (χ2n) is 3.67. The van der Waals surface area contributed by atoms with E-state index in [0.717, 1.165) is 10.3 Å². The van der Waals surface area contributed by atoms with Gasteiger partial charge in [-0.15, -0.1) is 0 Å². The maximum atomic E-state index is 11.8. The first-order chi connectivity index (χ1) is 8.90. The van der Waals surface area contributed by atoms with Crippen molar-refractivity contribution in [3.05, 3.63) is 23.1 Å². The van der Waals surface area contributed by atoms with Crippen molar-refractivity contribution in [2.24, 2.45) is 0 Å². The number of carboxylic acid groups (broad SMARTS) is 1. The number of carboxylic acids is 1. The number of nitrogens with zero attached hydrogens (tertiary/aromatic N) is 1. The second-order valence-corrected chi connectivity index (χ2v) is 6.19. The number of aromatic nitrogens is 1. The van der Waals surface area contributed by atoms with E-state index in [1.807, 2.05) is 12.4 Å². The summed E-state index contributed by atoms with van der Waals surface area (Å²) < 4.78 is 32.1. The highest BCUT2D eigenvalue weighted by Gasteiger charge is 2.17. The summed E-state index contributed by atoms with van der Waals surface area (Å²) in [5.74, 6) is -1.22. The zero-order chi connectivity index (χ0) is 14.0. The second kappa shape index (κ2) is 5.21. The van der Waals surface area contributed by atoms with Crippen LogP contribution in [-0.2, 0) is 19.2 Å². The number of aryl methyl sites for hydroxylation is 1. The average molecular weight is 302 g/mol. The molecule has 0 atom stereocenters. The first-order valence-corrected chi connectivity index (χ1v) is 7.32. The number of hydrogen-bond donors (Lipinski definition) is 2. The van der Waals surface area contributed by atoms with Crippen molar-refractivity contribution in [3.8, 4) is 0 Å². The van der Waals surface area contributed by atoms with Gasteiger partial charge in [-0.05, 0) is 36.7 Å². The number of aliphatic carboxylic acids is 1. The molecule has 9 heteroatoms. The van der Waals surface area contributed by atoms with Gasteiger partial charge >= 0.3 is 16.1 Å². The smallest absolute Gasteiger partial charge is 0.319 e. The van der Waals surface area contributed by atoms with E-state index < -0.39 is 22.6 Å². The molecule has 2 aromatic rings. The molecule has 0 aliphatic carbocycles. The third kappa shape index (κ3) is 3.07. The number of nitrogens with one attached hydrogen (secondary N) is 1. The fraction of sp³-hybridized carbons (Fsp3) is 0.200. The molecule has 1 aromatic heterocycles. The number of benzene rings is 1. The molecular weight excluding hydrogens is 292 g/mol. The van der Waals surface area contributed by atoms with Crippen LogP contribution in [0.2, 0.25) is 0 Å². The molecule has 7 nitrogen and oxygen atoms in total. The lowest BCUT2D eigenvalue weighted by atomic mass is 10.2. The normalized spacial score (nSPS) is 11.8. The Morgan fingerprint density at radius 2 is 2.26 bits per heavy atom. The molecule has 0 bridgehead atoms. The molecule has 0 unspecified atom stereocenters. The van der Waals surface area contributed by atoms with Crippen molar-refractivity contribution in [1.29, 1.82) is 0 Å². The van der Waals surface area contributed by atoms with Crippen LogP contribution in [0.3, 0.4) is 0 Å². The van der Waals surface area contributed by atoms with E-state index in [-0.39, 0.29) is 4.90 Å². The van der Waals surface area contributed by atoms with Crippen LogP contribution in [0.5, 0.6) is 0 Å². The molecular formula is C10H10N2O5S2. The van der Waals surface area contributed by atoms with Crippen molar-refractivity contribution < 1.29 is 22.6 Å². The Kier molecular flexibility index (Phi) is 3.80. The number of hydroxylamine groups is 1. The fourth-order valence-corrected chi connectivity index (χ4v) is 2.88. The molecule has 2 rings (SSSR count). The van der Waals surface area contributed by atoms with Gasteiger partial charge in [-0.2, -0.15) is 22.6 Å². The van der Waals surface area contributed by atoms with E-state index in [4.69, 9.17) is 5.11 Å². The zero-order valence-corrected chi connectivity index (χ0v) is 11.4. The Hall–Kier alpha value is -1.55. The van der Waals surface area contributed by atoms with Gasteiger partial charge in [0.25, 0.3) is 0 Å². The summed E-state index contributed by atoms with van der Waals surface area (Å²) in [5, 5.41) is 9.12. The summed E-state index contributed by atoms with van der Waals surface area (Å²) in [7, 11) is -4.04. The standard InChI is InChI=1S/C10H10N2O5S2/c1-6-8-4-7(2-3-9(8)12-18-6)19(15,16)17-11-5-10(13)14/h2-4,11H,5H2,1H3,(H,13,14). The van der Waals surface area contributed by atoms with Crippen LogP contribution in [-0.4, -0.2) is 30.4 Å². The van der Waals surface area contributed by atoms with E-state index >= 15 is 0 Å². The average Bonchev–Trinajstić information content (AvgIpc) is 2.70. The highest BCUT2D eigenvalue weighted by atomic mass is 32.2. The van der Waals surface area contributed by atoms with Gasteiger partial charge in [0, 0.05) is 10.3 Å². The number of fused-ring (bicyclic) bond motifs is 1. The summed E-state index contributed by atoms with van der Waals surface area (Å²) in [6.45, 7) is 1.22. The van der Waals surface area contributed by atoms with Gasteiger partial charge in [-0.25, -0.2) is 0 Å². The van der Waals surface area contributed by atoms with E-state index in [1.165, 1.54) is 23.7 Å². The molecule has 0 aliphatic heterocycles. The quantitative estimate of drug-likeness (QED) is 0.790. The molecule has 0 saturated heterocycles. The summed E-state index contributed by atoms with van der Waals surface area (Å²) in [4.78, 5) is 11.1. The maximum absolute atomic E-state index is 11.8. The molecule has 19 heavy (non-hydrogen) atoms. The Bertz CT molecular complexity index is 723. The highest BCUT2D eigenvalue weighted by Crippen LogP contribution is 2.24. The molecule has 0 aliphatic rings. The summed E-state index contributed by atoms with van der Waals surface area (Å²) in [6, 6.07) is 4.39. The minimum atomic E-state index is -4.04. The van der Waals surface area contributed by atoms with Crippen LogP contribution in [0.1, 0.15) is 4.88 Å². The number of carbonyl (C=O) groups is 1. The van der Waals surface area contributed by atoms with Gasteiger partial charge in [0.05, 0.1) is 10.4 Å². The summed E-state index contributed by atoms with van der Waals surface area (Å²) >= 11 is 1.28. The lowest BCUT2D eigenvalue weighted by Crippen LogP contribution is -2.26. The fourth-order valence-electron chi connectivity index (χ4n) is 1.42. The first kappa shape index (κ1) is 13.9. The van der Waals surface area contributed by atoms with Gasteiger partial charge in [-0.1, -0.05) is 0 Å². The van der Waals surface area contributed by atoms with Gasteiger partial charge in [0.15, 0.2) is 0 Å². The lowest BCUT2D eigenvalue weighted by molar-refractivity contribution is -0.137. The van der Waals surface area contributed by atoms with Crippen molar-refractivity contribution >= 4 is 38.5 Å². The van der Waals surface area contributed by atoms with Crippen molar-refractivity contribution in [2.45, 2.75) is 11.8 Å². The van der Waals surface area contributed by atoms with Gasteiger partial charge in [-0.3, -0.25) is 4.79 Å². The topological polar surface area (TPSA) is 106 Å². The predicted octanol–water partition coefficient (Wildman–Crippen LogP) is 0.899. The van der Waals surface area contributed by atoms with Crippen LogP contribution >= 0.6 is 11.5 Å². The maximum Gasteiger partial charge on any atom is 0.319 e. The molecule has 102 valence electrons. The Morgan fingerprint density at radius 1 is 1.53 bits per heavy atom. The molecule has 1 heterocycles.